The van der Waals surface area contributed by atoms with Crippen molar-refractivity contribution in [1.82, 2.24) is 9.55 Å². The molecule has 0 radical (unpaired) electrons. The topological polar surface area (TPSA) is 70.4 Å². The Hall–Kier alpha value is -1.90. The van der Waals surface area contributed by atoms with Crippen LogP contribution in [0.25, 0.3) is 17.0 Å². The normalized spacial score (nSPS) is 18.6. The SMILES string of the molecule is CC(=O)SCC(=Cc1ccc2ncn(C)c(=O)c2c1)B1OC(C)(C)C(C)(C)O1. The van der Waals surface area contributed by atoms with Crippen molar-refractivity contribution in [3.05, 3.63) is 45.9 Å². The van der Waals surface area contributed by atoms with Crippen molar-refractivity contribution in [2.24, 2.45) is 7.05 Å². The fourth-order valence-electron chi connectivity index (χ4n) is 2.89. The number of nitrogens with zero attached hydrogens (tertiary/aromatic N) is 2. The lowest BCUT2D eigenvalue weighted by Gasteiger charge is -2.32. The molecule has 3 rings (SSSR count). The number of hydrogen-bond acceptors (Lipinski definition) is 6. The standard InChI is InChI=1S/C20H25BN2O4S/c1-13(24)28-11-15(21-26-19(2,3)20(4,5)27-21)9-14-7-8-17-16(10-14)18(25)23(6)12-22-17/h7-10,12H,11H2,1-6H3. The summed E-state index contributed by atoms with van der Waals surface area (Å²) in [5, 5.41) is 0.574. The van der Waals surface area contributed by atoms with Gasteiger partial charge in [-0.1, -0.05) is 23.9 Å². The minimum atomic E-state index is -0.552. The van der Waals surface area contributed by atoms with Crippen molar-refractivity contribution in [3.63, 3.8) is 0 Å². The number of aromatic nitrogens is 2. The second kappa shape index (κ2) is 7.50. The predicted molar refractivity (Wildman–Crippen MR) is 114 cm³/mol. The van der Waals surface area contributed by atoms with Gasteiger partial charge in [-0.25, -0.2) is 4.98 Å². The van der Waals surface area contributed by atoms with Gasteiger partial charge in [0.15, 0.2) is 5.12 Å². The summed E-state index contributed by atoms with van der Waals surface area (Å²) in [5.41, 5.74) is 1.29. The molecule has 0 amide bonds. The highest BCUT2D eigenvalue weighted by Crippen LogP contribution is 2.39. The summed E-state index contributed by atoms with van der Waals surface area (Å²) in [6.07, 6.45) is 3.45. The molecule has 2 aromatic rings. The van der Waals surface area contributed by atoms with Crippen molar-refractivity contribution < 1.29 is 14.1 Å². The van der Waals surface area contributed by atoms with E-state index in [0.29, 0.717) is 16.7 Å². The molecule has 2 heterocycles. The van der Waals surface area contributed by atoms with Gasteiger partial charge in [0.25, 0.3) is 5.56 Å². The lowest BCUT2D eigenvalue weighted by atomic mass is 9.78. The van der Waals surface area contributed by atoms with Crippen molar-refractivity contribution in [3.8, 4) is 0 Å². The number of fused-ring (bicyclic) bond motifs is 1. The molecule has 0 aliphatic carbocycles. The average molecular weight is 400 g/mol. The van der Waals surface area contributed by atoms with Gasteiger partial charge in [-0.15, -0.1) is 0 Å². The molecule has 6 nitrogen and oxygen atoms in total. The van der Waals surface area contributed by atoms with Crippen LogP contribution in [0.3, 0.4) is 0 Å². The van der Waals surface area contributed by atoms with Gasteiger partial charge in [0.05, 0.1) is 28.4 Å². The van der Waals surface area contributed by atoms with Crippen molar-refractivity contribution in [1.29, 1.82) is 0 Å². The molecule has 1 aromatic heterocycles. The van der Waals surface area contributed by atoms with E-state index in [0.717, 1.165) is 11.0 Å². The molecule has 0 spiro atoms. The number of aryl methyl sites for hydroxylation is 1. The molecular formula is C20H25BN2O4S. The molecule has 0 N–H and O–H groups in total. The van der Waals surface area contributed by atoms with Crippen LogP contribution in [0.1, 0.15) is 40.2 Å². The monoisotopic (exact) mass is 400 g/mol. The summed E-state index contributed by atoms with van der Waals surface area (Å²) >= 11 is 1.21. The van der Waals surface area contributed by atoms with Crippen LogP contribution in [0.5, 0.6) is 0 Å². The molecule has 148 valence electrons. The van der Waals surface area contributed by atoms with Crippen molar-refractivity contribution in [2.45, 2.75) is 45.8 Å². The fraction of sp³-hybridized carbons (Fsp3) is 0.450. The molecule has 1 aromatic carbocycles. The second-order valence-corrected chi connectivity index (χ2v) is 9.18. The first-order valence-corrected chi connectivity index (χ1v) is 10.1. The van der Waals surface area contributed by atoms with E-state index >= 15 is 0 Å². The summed E-state index contributed by atoms with van der Waals surface area (Å²) in [7, 11) is 1.13. The lowest BCUT2D eigenvalue weighted by molar-refractivity contribution is -0.109. The second-order valence-electron chi connectivity index (χ2n) is 8.02. The minimum absolute atomic E-state index is 0.0269. The van der Waals surface area contributed by atoms with Crippen LogP contribution in [0, 0.1) is 0 Å². The van der Waals surface area contributed by atoms with Gasteiger partial charge in [0.2, 0.25) is 0 Å². The Morgan fingerprint density at radius 3 is 2.50 bits per heavy atom. The summed E-state index contributed by atoms with van der Waals surface area (Å²) in [4.78, 5) is 28.2. The van der Waals surface area contributed by atoms with E-state index in [4.69, 9.17) is 9.31 Å². The Bertz CT molecular complexity index is 997. The summed E-state index contributed by atoms with van der Waals surface area (Å²) < 4.78 is 13.8. The Labute approximate surface area is 169 Å². The summed E-state index contributed by atoms with van der Waals surface area (Å²) in [6.45, 7) is 9.52. The van der Waals surface area contributed by atoms with Crippen LogP contribution in [-0.2, 0) is 21.2 Å². The molecule has 1 aliphatic heterocycles. The predicted octanol–water partition coefficient (Wildman–Crippen LogP) is 3.23. The fourth-order valence-corrected chi connectivity index (χ4v) is 3.48. The van der Waals surface area contributed by atoms with E-state index in [2.05, 4.69) is 4.98 Å². The van der Waals surface area contributed by atoms with E-state index < -0.39 is 18.3 Å². The van der Waals surface area contributed by atoms with Crippen LogP contribution >= 0.6 is 11.8 Å². The van der Waals surface area contributed by atoms with E-state index in [1.54, 1.807) is 7.05 Å². The van der Waals surface area contributed by atoms with Gasteiger partial charge in [-0.2, -0.15) is 0 Å². The minimum Gasteiger partial charge on any atom is -0.400 e. The molecule has 28 heavy (non-hydrogen) atoms. The van der Waals surface area contributed by atoms with Gasteiger partial charge in [-0.3, -0.25) is 9.59 Å². The highest BCUT2D eigenvalue weighted by atomic mass is 32.2. The zero-order valence-corrected chi connectivity index (χ0v) is 17.9. The first kappa shape index (κ1) is 20.8. The largest absolute Gasteiger partial charge is 0.491 e. The summed E-state index contributed by atoms with van der Waals surface area (Å²) in [5.74, 6) is 0.454. The maximum atomic E-state index is 12.4. The van der Waals surface area contributed by atoms with Crippen LogP contribution in [-0.4, -0.2) is 38.7 Å². The number of rotatable bonds is 4. The van der Waals surface area contributed by atoms with E-state index in [1.807, 2.05) is 52.0 Å². The number of hydrogen-bond donors (Lipinski definition) is 0. The van der Waals surface area contributed by atoms with E-state index in [-0.39, 0.29) is 10.7 Å². The van der Waals surface area contributed by atoms with Gasteiger partial charge in [0.1, 0.15) is 0 Å². The average Bonchev–Trinajstić information content (AvgIpc) is 2.82. The van der Waals surface area contributed by atoms with Crippen molar-refractivity contribution >= 4 is 41.0 Å². The smallest absolute Gasteiger partial charge is 0.400 e. The lowest BCUT2D eigenvalue weighted by Crippen LogP contribution is -2.41. The molecule has 8 heteroatoms. The molecule has 1 fully saturated rings. The van der Waals surface area contributed by atoms with Gasteiger partial charge < -0.3 is 13.9 Å². The zero-order chi connectivity index (χ0) is 20.7. The molecule has 0 saturated carbocycles. The van der Waals surface area contributed by atoms with Gasteiger partial charge >= 0.3 is 7.12 Å². The van der Waals surface area contributed by atoms with Gasteiger partial charge in [0, 0.05) is 19.7 Å². The van der Waals surface area contributed by atoms with Crippen LogP contribution in [0.4, 0.5) is 0 Å². The van der Waals surface area contributed by atoms with Crippen LogP contribution in [0.15, 0.2) is 34.8 Å². The maximum Gasteiger partial charge on any atom is 0.491 e. The van der Waals surface area contributed by atoms with E-state index in [9.17, 15) is 9.59 Å². The third-order valence-electron chi connectivity index (χ3n) is 5.29. The number of carbonyl (C=O) groups excluding carboxylic acids is 1. The quantitative estimate of drug-likeness (QED) is 0.734. The Morgan fingerprint density at radius 2 is 1.89 bits per heavy atom. The first-order chi connectivity index (χ1) is 13.0. The Morgan fingerprint density at radius 1 is 1.25 bits per heavy atom. The summed E-state index contributed by atoms with van der Waals surface area (Å²) in [6, 6.07) is 5.54. The molecule has 0 bridgehead atoms. The van der Waals surface area contributed by atoms with Crippen molar-refractivity contribution in [2.75, 3.05) is 5.75 Å². The number of benzene rings is 1. The third kappa shape index (κ3) is 4.09. The third-order valence-corrected chi connectivity index (χ3v) is 6.18. The number of thioether (sulfide) groups is 1. The van der Waals surface area contributed by atoms with Crippen LogP contribution < -0.4 is 5.56 Å². The Kier molecular flexibility index (Phi) is 5.58. The highest BCUT2D eigenvalue weighted by Gasteiger charge is 2.52. The van der Waals surface area contributed by atoms with Gasteiger partial charge in [-0.05, 0) is 50.9 Å². The molecule has 1 aliphatic rings. The van der Waals surface area contributed by atoms with E-state index in [1.165, 1.54) is 29.6 Å². The van der Waals surface area contributed by atoms with Crippen LogP contribution in [0.2, 0.25) is 0 Å². The highest BCUT2D eigenvalue weighted by molar-refractivity contribution is 8.13. The molecular weight excluding hydrogens is 375 g/mol. The molecule has 1 saturated heterocycles. The maximum absolute atomic E-state index is 12.4. The molecule has 0 unspecified atom stereocenters. The zero-order valence-electron chi connectivity index (χ0n) is 17.1. The first-order valence-electron chi connectivity index (χ1n) is 9.15. The Balaban J connectivity index is 2.02. The molecule has 0 atom stereocenters. The number of carbonyl (C=O) groups is 1.